The van der Waals surface area contributed by atoms with Gasteiger partial charge in [-0.25, -0.2) is 4.39 Å². The van der Waals surface area contributed by atoms with Crippen LogP contribution >= 0.6 is 0 Å². The van der Waals surface area contributed by atoms with Crippen LogP contribution in [0.25, 0.3) is 0 Å². The van der Waals surface area contributed by atoms with Crippen molar-refractivity contribution in [3.05, 3.63) is 41.5 Å². The second kappa shape index (κ2) is 5.92. The maximum absolute atomic E-state index is 13.8. The van der Waals surface area contributed by atoms with Gasteiger partial charge in [0.05, 0.1) is 12.2 Å². The lowest BCUT2D eigenvalue weighted by Crippen LogP contribution is -2.24. The lowest BCUT2D eigenvalue weighted by molar-refractivity contribution is 0.524. The fraction of sp³-hybridized carbons (Fsp3) is 0.500. The molecule has 1 atom stereocenters. The topological polar surface area (TPSA) is 24.9 Å². The number of hydrogen-bond acceptors (Lipinski definition) is 2. The van der Waals surface area contributed by atoms with Gasteiger partial charge in [-0.2, -0.15) is 0 Å². The van der Waals surface area contributed by atoms with Crippen molar-refractivity contribution in [3.63, 3.8) is 0 Å². The van der Waals surface area contributed by atoms with Crippen LogP contribution < -0.4 is 5.32 Å². The molecule has 2 rings (SSSR count). The third-order valence-electron chi connectivity index (χ3n) is 3.22. The monoisotopic (exact) mass is 234 g/mol. The summed E-state index contributed by atoms with van der Waals surface area (Å²) in [5.41, 5.74) is 2.04. The Morgan fingerprint density at radius 1 is 1.47 bits per heavy atom. The first-order valence-electron chi connectivity index (χ1n) is 6.34. The van der Waals surface area contributed by atoms with Crippen LogP contribution in [0.1, 0.15) is 44.2 Å². The molecule has 0 aliphatic heterocycles. The van der Waals surface area contributed by atoms with Gasteiger partial charge in [0.1, 0.15) is 5.82 Å². The molecule has 1 aromatic rings. The minimum Gasteiger partial charge on any atom is -0.307 e. The van der Waals surface area contributed by atoms with E-state index in [4.69, 9.17) is 0 Å². The zero-order valence-corrected chi connectivity index (χ0v) is 10.2. The van der Waals surface area contributed by atoms with E-state index >= 15 is 0 Å². The summed E-state index contributed by atoms with van der Waals surface area (Å²) in [7, 11) is 0. The van der Waals surface area contributed by atoms with Crippen molar-refractivity contribution in [1.82, 2.24) is 10.3 Å². The van der Waals surface area contributed by atoms with Gasteiger partial charge in [-0.3, -0.25) is 4.98 Å². The Morgan fingerprint density at radius 2 is 2.35 bits per heavy atom. The molecule has 0 spiro atoms. The molecule has 1 aliphatic rings. The summed E-state index contributed by atoms with van der Waals surface area (Å²) in [6, 6.07) is 1.79. The van der Waals surface area contributed by atoms with E-state index in [9.17, 15) is 4.39 Å². The third kappa shape index (κ3) is 2.91. The Bertz CT molecular complexity index is 401. The SMILES string of the molecule is CCNC(C1=CCCCC1)c1ccncc1F. The molecule has 0 bridgehead atoms. The fourth-order valence-corrected chi connectivity index (χ4v) is 2.39. The molecule has 0 radical (unpaired) electrons. The molecule has 2 nitrogen and oxygen atoms in total. The van der Waals surface area contributed by atoms with Gasteiger partial charge in [-0.15, -0.1) is 0 Å². The molecular formula is C14H19FN2. The Labute approximate surface area is 102 Å². The van der Waals surface area contributed by atoms with E-state index < -0.39 is 0 Å². The number of aromatic nitrogens is 1. The predicted molar refractivity (Wildman–Crippen MR) is 67.2 cm³/mol. The molecule has 1 aliphatic carbocycles. The van der Waals surface area contributed by atoms with Gasteiger partial charge in [0.15, 0.2) is 0 Å². The molecular weight excluding hydrogens is 215 g/mol. The number of halogens is 1. The van der Waals surface area contributed by atoms with Crippen molar-refractivity contribution in [2.24, 2.45) is 0 Å². The number of nitrogens with zero attached hydrogens (tertiary/aromatic N) is 1. The summed E-state index contributed by atoms with van der Waals surface area (Å²) in [6.45, 7) is 2.89. The summed E-state index contributed by atoms with van der Waals surface area (Å²) >= 11 is 0. The highest BCUT2D eigenvalue weighted by Crippen LogP contribution is 2.30. The minimum absolute atomic E-state index is 0.0169. The summed E-state index contributed by atoms with van der Waals surface area (Å²) in [5.74, 6) is -0.218. The standard InChI is InChI=1S/C14H19FN2/c1-2-17-14(11-6-4-3-5-7-11)12-8-9-16-10-13(12)15/h6,8-10,14,17H,2-5,7H2,1H3. The largest absolute Gasteiger partial charge is 0.307 e. The van der Waals surface area contributed by atoms with E-state index in [1.807, 2.05) is 0 Å². The molecule has 17 heavy (non-hydrogen) atoms. The Kier molecular flexibility index (Phi) is 4.26. The van der Waals surface area contributed by atoms with Gasteiger partial charge >= 0.3 is 0 Å². The highest BCUT2D eigenvalue weighted by atomic mass is 19.1. The molecule has 0 aromatic carbocycles. The zero-order valence-electron chi connectivity index (χ0n) is 10.2. The molecule has 0 saturated carbocycles. The predicted octanol–water partition coefficient (Wildman–Crippen LogP) is 3.37. The highest BCUT2D eigenvalue weighted by Gasteiger charge is 2.20. The first kappa shape index (κ1) is 12.2. The number of rotatable bonds is 4. The van der Waals surface area contributed by atoms with Crippen LogP contribution in [0.2, 0.25) is 0 Å². The summed E-state index contributed by atoms with van der Waals surface area (Å²) in [5, 5.41) is 3.37. The van der Waals surface area contributed by atoms with Gasteiger partial charge in [0.25, 0.3) is 0 Å². The van der Waals surface area contributed by atoms with E-state index in [0.29, 0.717) is 0 Å². The van der Waals surface area contributed by atoms with Gasteiger partial charge in [-0.1, -0.05) is 18.6 Å². The number of allylic oxidation sites excluding steroid dienone is 1. The Balaban J connectivity index is 2.28. The van der Waals surface area contributed by atoms with E-state index in [2.05, 4.69) is 23.3 Å². The van der Waals surface area contributed by atoms with Crippen molar-refractivity contribution in [1.29, 1.82) is 0 Å². The molecule has 1 unspecified atom stereocenters. The second-order valence-electron chi connectivity index (χ2n) is 4.41. The lowest BCUT2D eigenvalue weighted by atomic mass is 9.90. The van der Waals surface area contributed by atoms with Crippen molar-refractivity contribution < 1.29 is 4.39 Å². The van der Waals surface area contributed by atoms with Crippen molar-refractivity contribution in [3.8, 4) is 0 Å². The lowest BCUT2D eigenvalue weighted by Gasteiger charge is -2.24. The van der Waals surface area contributed by atoms with Crippen LogP contribution in [0.4, 0.5) is 4.39 Å². The fourth-order valence-electron chi connectivity index (χ4n) is 2.39. The van der Waals surface area contributed by atoms with Crippen molar-refractivity contribution in [2.75, 3.05) is 6.54 Å². The van der Waals surface area contributed by atoms with Crippen LogP contribution in [0.15, 0.2) is 30.1 Å². The van der Waals surface area contributed by atoms with Crippen molar-refractivity contribution >= 4 is 0 Å². The van der Waals surface area contributed by atoms with Gasteiger partial charge < -0.3 is 5.32 Å². The highest BCUT2D eigenvalue weighted by molar-refractivity contribution is 5.28. The third-order valence-corrected chi connectivity index (χ3v) is 3.22. The van der Waals surface area contributed by atoms with E-state index in [0.717, 1.165) is 24.9 Å². The minimum atomic E-state index is -0.218. The summed E-state index contributed by atoms with van der Waals surface area (Å²) in [6.07, 6.45) is 9.86. The molecule has 0 saturated heterocycles. The summed E-state index contributed by atoms with van der Waals surface area (Å²) < 4.78 is 13.8. The molecule has 1 aromatic heterocycles. The molecule has 0 fully saturated rings. The maximum Gasteiger partial charge on any atom is 0.146 e. The maximum atomic E-state index is 13.8. The molecule has 92 valence electrons. The number of likely N-dealkylation sites (N-methyl/N-ethyl adjacent to an activating group) is 1. The molecule has 1 N–H and O–H groups in total. The van der Waals surface area contributed by atoms with E-state index in [-0.39, 0.29) is 11.9 Å². The average Bonchev–Trinajstić information content (AvgIpc) is 2.38. The number of nitrogens with one attached hydrogen (secondary N) is 1. The van der Waals surface area contributed by atoms with Crippen LogP contribution in [0, 0.1) is 5.82 Å². The normalized spacial score (nSPS) is 17.6. The van der Waals surface area contributed by atoms with Crippen LogP contribution in [-0.2, 0) is 0 Å². The quantitative estimate of drug-likeness (QED) is 0.808. The molecule has 3 heteroatoms. The van der Waals surface area contributed by atoms with Crippen LogP contribution in [-0.4, -0.2) is 11.5 Å². The average molecular weight is 234 g/mol. The Hall–Kier alpha value is -1.22. The summed E-state index contributed by atoms with van der Waals surface area (Å²) in [4.78, 5) is 3.81. The second-order valence-corrected chi connectivity index (χ2v) is 4.41. The van der Waals surface area contributed by atoms with Crippen molar-refractivity contribution in [2.45, 2.75) is 38.6 Å². The number of hydrogen-bond donors (Lipinski definition) is 1. The first-order chi connectivity index (χ1) is 8.33. The molecule has 0 amide bonds. The van der Waals surface area contributed by atoms with Crippen LogP contribution in [0.5, 0.6) is 0 Å². The van der Waals surface area contributed by atoms with Crippen LogP contribution in [0.3, 0.4) is 0 Å². The zero-order chi connectivity index (χ0) is 12.1. The van der Waals surface area contributed by atoms with Gasteiger partial charge in [0.2, 0.25) is 0 Å². The first-order valence-corrected chi connectivity index (χ1v) is 6.34. The van der Waals surface area contributed by atoms with Gasteiger partial charge in [-0.05, 0) is 38.3 Å². The van der Waals surface area contributed by atoms with Gasteiger partial charge in [0, 0.05) is 11.8 Å². The molecule has 1 heterocycles. The van der Waals surface area contributed by atoms with E-state index in [1.165, 1.54) is 24.6 Å². The van der Waals surface area contributed by atoms with E-state index in [1.54, 1.807) is 12.3 Å². The smallest absolute Gasteiger partial charge is 0.146 e. The Morgan fingerprint density at radius 3 is 3.00 bits per heavy atom. The number of pyridine rings is 1.